The van der Waals surface area contributed by atoms with Crippen molar-refractivity contribution in [3.8, 4) is 5.75 Å². The summed E-state index contributed by atoms with van der Waals surface area (Å²) in [6.07, 6.45) is 0.838. The Morgan fingerprint density at radius 2 is 1.83 bits per heavy atom. The number of hydrogen-bond acceptors (Lipinski definition) is 3. The minimum atomic E-state index is -0.216. The van der Waals surface area contributed by atoms with Crippen molar-refractivity contribution in [2.45, 2.75) is 32.8 Å². The lowest BCUT2D eigenvalue weighted by atomic mass is 9.96. The molecule has 0 spiro atoms. The maximum atomic E-state index is 11.3. The summed E-state index contributed by atoms with van der Waals surface area (Å²) in [5, 5.41) is 4.94. The molecule has 2 aromatic rings. The maximum Gasteiger partial charge on any atom is 0.236 e. The molecule has 1 N–H and O–H groups in total. The summed E-state index contributed by atoms with van der Waals surface area (Å²) in [7, 11) is 0. The van der Waals surface area contributed by atoms with Crippen molar-refractivity contribution in [2.24, 2.45) is 5.10 Å². The van der Waals surface area contributed by atoms with E-state index in [0.717, 1.165) is 28.9 Å². The molecule has 1 aliphatic heterocycles. The summed E-state index contributed by atoms with van der Waals surface area (Å²) >= 11 is 5.97. The molecular formula is C19H19ClN2O2. The predicted octanol–water partition coefficient (Wildman–Crippen LogP) is 3.94. The van der Waals surface area contributed by atoms with Gasteiger partial charge in [0, 0.05) is 29.5 Å². The zero-order chi connectivity index (χ0) is 17.3. The Balaban J connectivity index is 2.02. The van der Waals surface area contributed by atoms with Crippen molar-refractivity contribution in [2.75, 3.05) is 0 Å². The van der Waals surface area contributed by atoms with Gasteiger partial charge in [-0.1, -0.05) is 23.7 Å². The molecule has 3 rings (SSSR count). The van der Waals surface area contributed by atoms with Crippen molar-refractivity contribution in [3.05, 3.63) is 64.2 Å². The molecule has 1 heterocycles. The smallest absolute Gasteiger partial charge is 0.236 e. The number of rotatable bonds is 3. The largest absolute Gasteiger partial charge is 0.487 e. The topological polar surface area (TPSA) is 50.7 Å². The molecule has 0 aliphatic carbocycles. The number of halogens is 1. The van der Waals surface area contributed by atoms with Crippen LogP contribution in [0.25, 0.3) is 0 Å². The Kier molecular flexibility index (Phi) is 4.33. The first-order valence-electron chi connectivity index (χ1n) is 7.77. The van der Waals surface area contributed by atoms with Gasteiger partial charge in [0.15, 0.2) is 0 Å². The molecule has 1 aliphatic rings. The second kappa shape index (κ2) is 6.29. The third kappa shape index (κ3) is 3.60. The molecule has 0 atom stereocenters. The second-order valence-electron chi connectivity index (χ2n) is 6.50. The molecule has 0 saturated heterocycles. The minimum Gasteiger partial charge on any atom is -0.487 e. The molecule has 24 heavy (non-hydrogen) atoms. The fourth-order valence-corrected chi connectivity index (χ4v) is 2.92. The summed E-state index contributed by atoms with van der Waals surface area (Å²) in [5.74, 6) is 0.686. The van der Waals surface area contributed by atoms with Gasteiger partial charge in [-0.15, -0.1) is 0 Å². The number of hydrazone groups is 1. The number of hydrogen-bond donors (Lipinski definition) is 1. The molecule has 1 amide bonds. The number of nitrogens with zero attached hydrogens (tertiary/aromatic N) is 1. The Morgan fingerprint density at radius 1 is 1.17 bits per heavy atom. The van der Waals surface area contributed by atoms with Crippen LogP contribution in [-0.2, 0) is 11.2 Å². The lowest BCUT2D eigenvalue weighted by molar-refractivity contribution is -0.118. The van der Waals surface area contributed by atoms with Crippen LogP contribution < -0.4 is 10.2 Å². The van der Waals surface area contributed by atoms with E-state index in [1.807, 2.05) is 24.3 Å². The normalized spacial score (nSPS) is 15.6. The molecule has 124 valence electrons. The van der Waals surface area contributed by atoms with Crippen LogP contribution in [-0.4, -0.2) is 17.2 Å². The van der Waals surface area contributed by atoms with Gasteiger partial charge in [-0.05, 0) is 49.7 Å². The fourth-order valence-electron chi connectivity index (χ4n) is 2.80. The number of carbonyl (C=O) groups excluding carboxylic acids is 1. The Hall–Kier alpha value is -2.33. The molecule has 0 fully saturated rings. The molecule has 2 aromatic carbocycles. The summed E-state index contributed by atoms with van der Waals surface area (Å²) in [6, 6.07) is 13.4. The Bertz CT molecular complexity index is 811. The first kappa shape index (κ1) is 16.5. The van der Waals surface area contributed by atoms with Crippen molar-refractivity contribution < 1.29 is 9.53 Å². The highest BCUT2D eigenvalue weighted by Crippen LogP contribution is 2.35. The van der Waals surface area contributed by atoms with E-state index >= 15 is 0 Å². The summed E-state index contributed by atoms with van der Waals surface area (Å²) in [4.78, 5) is 11.3. The number of ether oxygens (including phenoxy) is 1. The molecule has 0 bridgehead atoms. The highest BCUT2D eigenvalue weighted by Gasteiger charge is 2.30. The van der Waals surface area contributed by atoms with Gasteiger partial charge in [0.25, 0.3) is 0 Å². The lowest BCUT2D eigenvalue weighted by Crippen LogP contribution is -2.24. The van der Waals surface area contributed by atoms with Crippen molar-refractivity contribution in [1.82, 2.24) is 5.43 Å². The molecular weight excluding hydrogens is 324 g/mol. The molecule has 5 heteroatoms. The van der Waals surface area contributed by atoms with E-state index in [2.05, 4.69) is 30.4 Å². The van der Waals surface area contributed by atoms with Crippen LogP contribution in [0, 0.1) is 0 Å². The van der Waals surface area contributed by atoms with Crippen LogP contribution in [0.3, 0.4) is 0 Å². The van der Waals surface area contributed by atoms with Crippen LogP contribution in [0.1, 0.15) is 37.5 Å². The van der Waals surface area contributed by atoms with Crippen molar-refractivity contribution >= 4 is 23.2 Å². The van der Waals surface area contributed by atoms with Crippen LogP contribution in [0.2, 0.25) is 5.02 Å². The molecule has 0 saturated carbocycles. The molecule has 0 aromatic heterocycles. The Morgan fingerprint density at radius 3 is 2.50 bits per heavy atom. The molecule has 0 radical (unpaired) electrons. The fraction of sp³-hybridized carbons (Fsp3) is 0.263. The zero-order valence-electron chi connectivity index (χ0n) is 13.9. The van der Waals surface area contributed by atoms with E-state index in [4.69, 9.17) is 16.3 Å². The van der Waals surface area contributed by atoms with Gasteiger partial charge in [0.2, 0.25) is 5.91 Å². The van der Waals surface area contributed by atoms with Gasteiger partial charge >= 0.3 is 0 Å². The number of nitrogens with one attached hydrogen (secondary N) is 1. The minimum absolute atomic E-state index is 0.198. The summed E-state index contributed by atoms with van der Waals surface area (Å²) < 4.78 is 5.92. The first-order valence-corrected chi connectivity index (χ1v) is 8.14. The third-order valence-electron chi connectivity index (χ3n) is 3.78. The zero-order valence-corrected chi connectivity index (χ0v) is 14.6. The standard InChI is InChI=1S/C19H19ClN2O2/c1-12(23)21-22-18(13-4-7-16(20)8-5-13)14-6-9-17-15(10-14)11-19(2,3)24-17/h4-10H,11H2,1-3H3,(H,21,23). The van der Waals surface area contributed by atoms with Crippen LogP contribution >= 0.6 is 11.6 Å². The maximum absolute atomic E-state index is 11.3. The number of carbonyl (C=O) groups is 1. The number of amides is 1. The van der Waals surface area contributed by atoms with Gasteiger partial charge in [-0.3, -0.25) is 4.79 Å². The second-order valence-corrected chi connectivity index (χ2v) is 6.93. The van der Waals surface area contributed by atoms with Crippen LogP contribution in [0.5, 0.6) is 5.75 Å². The number of fused-ring (bicyclic) bond motifs is 1. The summed E-state index contributed by atoms with van der Waals surface area (Å²) in [6.45, 7) is 5.57. The number of benzene rings is 2. The van der Waals surface area contributed by atoms with Crippen LogP contribution in [0.4, 0.5) is 0 Å². The van der Waals surface area contributed by atoms with E-state index in [0.29, 0.717) is 10.7 Å². The highest BCUT2D eigenvalue weighted by atomic mass is 35.5. The quantitative estimate of drug-likeness (QED) is 0.678. The predicted molar refractivity (Wildman–Crippen MR) is 95.8 cm³/mol. The van der Waals surface area contributed by atoms with Gasteiger partial charge in [-0.25, -0.2) is 5.43 Å². The van der Waals surface area contributed by atoms with Crippen molar-refractivity contribution in [1.29, 1.82) is 0 Å². The Labute approximate surface area is 146 Å². The highest BCUT2D eigenvalue weighted by molar-refractivity contribution is 6.30. The average molecular weight is 343 g/mol. The van der Waals surface area contributed by atoms with Gasteiger partial charge in [0.05, 0.1) is 5.71 Å². The average Bonchev–Trinajstić information content (AvgIpc) is 2.82. The summed E-state index contributed by atoms with van der Waals surface area (Å²) in [5.41, 5.74) is 5.96. The van der Waals surface area contributed by atoms with Gasteiger partial charge in [-0.2, -0.15) is 5.10 Å². The molecule has 0 unspecified atom stereocenters. The molecule has 4 nitrogen and oxygen atoms in total. The SMILES string of the molecule is CC(=O)NN=C(c1ccc(Cl)cc1)c1ccc2c(c1)CC(C)(C)O2. The van der Waals surface area contributed by atoms with E-state index in [9.17, 15) is 4.79 Å². The van der Waals surface area contributed by atoms with Crippen molar-refractivity contribution in [3.63, 3.8) is 0 Å². The third-order valence-corrected chi connectivity index (χ3v) is 4.03. The first-order chi connectivity index (χ1) is 11.3. The monoisotopic (exact) mass is 342 g/mol. The van der Waals surface area contributed by atoms with E-state index in [1.165, 1.54) is 6.92 Å². The lowest BCUT2D eigenvalue weighted by Gasteiger charge is -2.16. The van der Waals surface area contributed by atoms with E-state index < -0.39 is 0 Å². The van der Waals surface area contributed by atoms with E-state index in [1.54, 1.807) is 12.1 Å². The van der Waals surface area contributed by atoms with Gasteiger partial charge in [0.1, 0.15) is 11.4 Å². The van der Waals surface area contributed by atoms with Gasteiger partial charge < -0.3 is 4.74 Å². The van der Waals surface area contributed by atoms with Crippen LogP contribution in [0.15, 0.2) is 47.6 Å². The van der Waals surface area contributed by atoms with E-state index in [-0.39, 0.29) is 11.5 Å².